The van der Waals surface area contributed by atoms with E-state index in [2.05, 4.69) is 6.58 Å². The molecule has 0 aliphatic rings. The number of hydrogen-bond donors (Lipinski definition) is 1. The standard InChI is InChI=1S/C20H22F2O2/c1-15(2)13-18(23)20(21,22)19(17-11-7-4-8-12-17)24-14-16-9-5-3-6-10-16/h3-12,18-19,23H,1,13-14H2,2H3/t18-,19+/m0/s1. The molecule has 2 atom stereocenters. The molecular formula is C20H22F2O2. The van der Waals surface area contributed by atoms with Crippen molar-refractivity contribution in [1.29, 1.82) is 0 Å². The molecule has 2 aromatic rings. The minimum Gasteiger partial charge on any atom is -0.386 e. The maximum atomic E-state index is 14.8. The van der Waals surface area contributed by atoms with Gasteiger partial charge in [0.25, 0.3) is 0 Å². The lowest BCUT2D eigenvalue weighted by molar-refractivity contribution is -0.200. The van der Waals surface area contributed by atoms with Crippen LogP contribution in [0.25, 0.3) is 0 Å². The van der Waals surface area contributed by atoms with E-state index in [4.69, 9.17) is 4.74 Å². The highest BCUT2D eigenvalue weighted by molar-refractivity contribution is 5.21. The number of aliphatic hydroxyl groups is 1. The number of rotatable bonds is 8. The summed E-state index contributed by atoms with van der Waals surface area (Å²) in [5, 5.41) is 9.99. The average molecular weight is 332 g/mol. The second-order valence-electron chi connectivity index (χ2n) is 5.94. The van der Waals surface area contributed by atoms with Gasteiger partial charge < -0.3 is 9.84 Å². The van der Waals surface area contributed by atoms with Crippen LogP contribution in [0.1, 0.15) is 30.6 Å². The van der Waals surface area contributed by atoms with E-state index in [-0.39, 0.29) is 13.0 Å². The fraction of sp³-hybridized carbons (Fsp3) is 0.300. The first-order valence-corrected chi connectivity index (χ1v) is 7.82. The van der Waals surface area contributed by atoms with Gasteiger partial charge in [0.2, 0.25) is 0 Å². The highest BCUT2D eigenvalue weighted by Crippen LogP contribution is 2.39. The maximum Gasteiger partial charge on any atom is 0.303 e. The molecular weight excluding hydrogens is 310 g/mol. The van der Waals surface area contributed by atoms with Gasteiger partial charge in [-0.1, -0.05) is 66.2 Å². The SMILES string of the molecule is C=C(C)C[C@H](O)C(F)(F)[C@H](OCc1ccccc1)c1ccccc1. The van der Waals surface area contributed by atoms with Crippen molar-refractivity contribution >= 4 is 0 Å². The van der Waals surface area contributed by atoms with Crippen LogP contribution in [0.2, 0.25) is 0 Å². The van der Waals surface area contributed by atoms with Crippen molar-refractivity contribution in [2.24, 2.45) is 0 Å². The summed E-state index contributed by atoms with van der Waals surface area (Å²) in [5.41, 5.74) is 1.62. The van der Waals surface area contributed by atoms with E-state index >= 15 is 0 Å². The summed E-state index contributed by atoms with van der Waals surface area (Å²) in [7, 11) is 0. The molecule has 4 heteroatoms. The molecule has 0 heterocycles. The van der Waals surface area contributed by atoms with Crippen LogP contribution in [0.5, 0.6) is 0 Å². The average Bonchev–Trinajstić information content (AvgIpc) is 2.56. The van der Waals surface area contributed by atoms with Gasteiger partial charge in [0, 0.05) is 0 Å². The van der Waals surface area contributed by atoms with Crippen LogP contribution < -0.4 is 0 Å². The third-order valence-electron chi connectivity index (χ3n) is 3.70. The Bertz CT molecular complexity index is 641. The van der Waals surface area contributed by atoms with Crippen LogP contribution in [0.4, 0.5) is 8.78 Å². The smallest absolute Gasteiger partial charge is 0.303 e. The molecule has 0 unspecified atom stereocenters. The van der Waals surface area contributed by atoms with Crippen LogP contribution in [0.3, 0.4) is 0 Å². The van der Waals surface area contributed by atoms with Gasteiger partial charge in [-0.3, -0.25) is 0 Å². The van der Waals surface area contributed by atoms with E-state index in [1.54, 1.807) is 37.3 Å². The van der Waals surface area contributed by atoms with Crippen molar-refractivity contribution in [1.82, 2.24) is 0 Å². The van der Waals surface area contributed by atoms with Crippen LogP contribution in [0, 0.1) is 0 Å². The van der Waals surface area contributed by atoms with Crippen LogP contribution in [-0.4, -0.2) is 17.1 Å². The predicted molar refractivity (Wildman–Crippen MR) is 90.8 cm³/mol. The molecule has 24 heavy (non-hydrogen) atoms. The van der Waals surface area contributed by atoms with Crippen LogP contribution in [0.15, 0.2) is 72.8 Å². The van der Waals surface area contributed by atoms with Gasteiger partial charge in [-0.05, 0) is 24.5 Å². The monoisotopic (exact) mass is 332 g/mol. The molecule has 2 rings (SSSR count). The third-order valence-corrected chi connectivity index (χ3v) is 3.70. The Hall–Kier alpha value is -2.04. The highest BCUT2D eigenvalue weighted by Gasteiger charge is 2.48. The van der Waals surface area contributed by atoms with Gasteiger partial charge in [-0.15, -0.1) is 6.58 Å². The lowest BCUT2D eigenvalue weighted by Gasteiger charge is -2.31. The van der Waals surface area contributed by atoms with Crippen molar-refractivity contribution in [2.45, 2.75) is 38.1 Å². The molecule has 2 nitrogen and oxygen atoms in total. The zero-order chi connectivity index (χ0) is 17.6. The number of alkyl halides is 2. The van der Waals surface area contributed by atoms with E-state index < -0.39 is 18.1 Å². The maximum absolute atomic E-state index is 14.8. The number of ether oxygens (including phenoxy) is 1. The van der Waals surface area contributed by atoms with Crippen LogP contribution >= 0.6 is 0 Å². The Balaban J connectivity index is 2.24. The molecule has 0 fully saturated rings. The lowest BCUT2D eigenvalue weighted by atomic mass is 9.95. The van der Waals surface area contributed by atoms with E-state index in [0.29, 0.717) is 11.1 Å². The third kappa shape index (κ3) is 4.73. The van der Waals surface area contributed by atoms with Crippen molar-refractivity contribution in [3.63, 3.8) is 0 Å². The first-order valence-electron chi connectivity index (χ1n) is 7.82. The van der Waals surface area contributed by atoms with Gasteiger partial charge in [-0.2, -0.15) is 0 Å². The zero-order valence-corrected chi connectivity index (χ0v) is 13.7. The van der Waals surface area contributed by atoms with Crippen LogP contribution in [-0.2, 0) is 11.3 Å². The molecule has 0 aliphatic heterocycles. The molecule has 0 amide bonds. The fourth-order valence-corrected chi connectivity index (χ4v) is 2.45. The van der Waals surface area contributed by atoms with Gasteiger partial charge in [0.15, 0.2) is 0 Å². The van der Waals surface area contributed by atoms with Crippen molar-refractivity contribution in [2.75, 3.05) is 0 Å². The molecule has 0 bridgehead atoms. The number of halogens is 2. The molecule has 1 N–H and O–H groups in total. The van der Waals surface area contributed by atoms with Gasteiger partial charge in [-0.25, -0.2) is 8.78 Å². The van der Waals surface area contributed by atoms with E-state index in [1.807, 2.05) is 30.3 Å². The van der Waals surface area contributed by atoms with Crippen molar-refractivity contribution in [3.8, 4) is 0 Å². The highest BCUT2D eigenvalue weighted by atomic mass is 19.3. The summed E-state index contributed by atoms with van der Waals surface area (Å²) >= 11 is 0. The molecule has 0 spiro atoms. The van der Waals surface area contributed by atoms with Gasteiger partial charge >= 0.3 is 5.92 Å². The quantitative estimate of drug-likeness (QED) is 0.696. The van der Waals surface area contributed by atoms with E-state index in [0.717, 1.165) is 5.56 Å². The summed E-state index contributed by atoms with van der Waals surface area (Å²) in [6.07, 6.45) is -3.56. The zero-order valence-electron chi connectivity index (χ0n) is 13.7. The first-order chi connectivity index (χ1) is 11.4. The normalized spacial score (nSPS) is 14.2. The van der Waals surface area contributed by atoms with Gasteiger partial charge in [0.1, 0.15) is 12.2 Å². The Kier molecular flexibility index (Phi) is 6.23. The number of benzene rings is 2. The number of hydrogen-bond acceptors (Lipinski definition) is 2. The number of aliphatic hydroxyl groups excluding tert-OH is 1. The Labute approximate surface area is 141 Å². The molecule has 2 aromatic carbocycles. The summed E-state index contributed by atoms with van der Waals surface area (Å²) in [4.78, 5) is 0. The lowest BCUT2D eigenvalue weighted by Crippen LogP contribution is -2.41. The topological polar surface area (TPSA) is 29.5 Å². The molecule has 0 saturated heterocycles. The second-order valence-corrected chi connectivity index (χ2v) is 5.94. The minimum atomic E-state index is -3.44. The summed E-state index contributed by atoms with van der Waals surface area (Å²) in [6, 6.07) is 17.4. The minimum absolute atomic E-state index is 0.0375. The molecule has 0 saturated carbocycles. The van der Waals surface area contributed by atoms with Crippen molar-refractivity contribution < 1.29 is 18.6 Å². The van der Waals surface area contributed by atoms with E-state index in [1.165, 1.54) is 0 Å². The summed E-state index contributed by atoms with van der Waals surface area (Å²) in [6.45, 7) is 5.25. The first kappa shape index (κ1) is 18.3. The molecule has 0 aromatic heterocycles. The Morgan fingerprint density at radius 1 is 1.08 bits per heavy atom. The Morgan fingerprint density at radius 2 is 1.62 bits per heavy atom. The summed E-state index contributed by atoms with van der Waals surface area (Å²) < 4.78 is 35.2. The Morgan fingerprint density at radius 3 is 2.17 bits per heavy atom. The van der Waals surface area contributed by atoms with Gasteiger partial charge in [0.05, 0.1) is 6.61 Å². The summed E-state index contributed by atoms with van der Waals surface area (Å²) in [5.74, 6) is -3.44. The largest absolute Gasteiger partial charge is 0.386 e. The molecule has 128 valence electrons. The second kappa shape index (κ2) is 8.18. The molecule has 0 radical (unpaired) electrons. The van der Waals surface area contributed by atoms with Crippen molar-refractivity contribution in [3.05, 3.63) is 83.9 Å². The fourth-order valence-electron chi connectivity index (χ4n) is 2.45. The van der Waals surface area contributed by atoms with E-state index in [9.17, 15) is 13.9 Å². The predicted octanol–water partition coefficient (Wildman–Crippen LogP) is 4.91. The molecule has 0 aliphatic carbocycles.